The van der Waals surface area contributed by atoms with E-state index in [4.69, 9.17) is 5.73 Å². The molecule has 3 aliphatic rings. The monoisotopic (exact) mass is 178 g/mol. The Morgan fingerprint density at radius 2 is 1.85 bits per heavy atom. The van der Waals surface area contributed by atoms with Gasteiger partial charge in [0.15, 0.2) is 0 Å². The number of rotatable bonds is 1. The van der Waals surface area contributed by atoms with Gasteiger partial charge in [0.1, 0.15) is 0 Å². The highest BCUT2D eigenvalue weighted by Crippen LogP contribution is 2.46. The number of nitrogens with one attached hydrogen (secondary N) is 1. The Labute approximate surface area is 79.6 Å². The van der Waals surface area contributed by atoms with Gasteiger partial charge >= 0.3 is 0 Å². The first-order chi connectivity index (χ1) is 6.36. The SMILES string of the molecule is NC1C=CC(C2CC2)C2CNCC12. The van der Waals surface area contributed by atoms with E-state index in [-0.39, 0.29) is 0 Å². The van der Waals surface area contributed by atoms with Gasteiger partial charge in [-0.15, -0.1) is 0 Å². The summed E-state index contributed by atoms with van der Waals surface area (Å²) in [4.78, 5) is 0. The first-order valence-electron chi connectivity index (χ1n) is 5.51. The second-order valence-electron chi connectivity index (χ2n) is 4.86. The van der Waals surface area contributed by atoms with Crippen LogP contribution in [-0.2, 0) is 0 Å². The zero-order valence-electron chi connectivity index (χ0n) is 7.95. The van der Waals surface area contributed by atoms with E-state index in [0.717, 1.165) is 30.2 Å². The molecule has 3 N–H and O–H groups in total. The number of allylic oxidation sites excluding steroid dienone is 1. The second-order valence-corrected chi connectivity index (χ2v) is 4.86. The Morgan fingerprint density at radius 1 is 1.08 bits per heavy atom. The molecule has 0 bridgehead atoms. The molecular formula is C11H18N2. The molecule has 2 nitrogen and oxygen atoms in total. The van der Waals surface area contributed by atoms with E-state index in [1.54, 1.807) is 0 Å². The van der Waals surface area contributed by atoms with Crippen LogP contribution in [0.2, 0.25) is 0 Å². The summed E-state index contributed by atoms with van der Waals surface area (Å²) in [6, 6.07) is 0.315. The van der Waals surface area contributed by atoms with Gasteiger partial charge in [0, 0.05) is 12.6 Å². The van der Waals surface area contributed by atoms with Crippen molar-refractivity contribution in [3.05, 3.63) is 12.2 Å². The third-order valence-electron chi connectivity index (χ3n) is 4.02. The lowest BCUT2D eigenvalue weighted by Gasteiger charge is -2.32. The first-order valence-corrected chi connectivity index (χ1v) is 5.51. The Kier molecular flexibility index (Phi) is 1.74. The van der Waals surface area contributed by atoms with Gasteiger partial charge in [-0.1, -0.05) is 12.2 Å². The average Bonchev–Trinajstić information content (AvgIpc) is 2.83. The quantitative estimate of drug-likeness (QED) is 0.581. The van der Waals surface area contributed by atoms with Crippen LogP contribution >= 0.6 is 0 Å². The fourth-order valence-corrected chi connectivity index (χ4v) is 3.09. The van der Waals surface area contributed by atoms with Crippen LogP contribution in [0.5, 0.6) is 0 Å². The normalized spacial score (nSPS) is 49.3. The maximum Gasteiger partial charge on any atom is 0.0268 e. The van der Waals surface area contributed by atoms with Gasteiger partial charge in [-0.25, -0.2) is 0 Å². The topological polar surface area (TPSA) is 38.0 Å². The van der Waals surface area contributed by atoms with Crippen molar-refractivity contribution in [2.24, 2.45) is 29.4 Å². The third-order valence-corrected chi connectivity index (χ3v) is 4.02. The Balaban J connectivity index is 1.84. The minimum absolute atomic E-state index is 0.315. The van der Waals surface area contributed by atoms with E-state index in [1.807, 2.05) is 0 Å². The lowest BCUT2D eigenvalue weighted by atomic mass is 9.74. The Morgan fingerprint density at radius 3 is 2.62 bits per heavy atom. The highest BCUT2D eigenvalue weighted by molar-refractivity contribution is 5.13. The van der Waals surface area contributed by atoms with E-state index in [0.29, 0.717) is 6.04 Å². The van der Waals surface area contributed by atoms with Crippen LogP contribution in [0, 0.1) is 23.7 Å². The summed E-state index contributed by atoms with van der Waals surface area (Å²) < 4.78 is 0. The van der Waals surface area contributed by atoms with E-state index in [1.165, 1.54) is 19.4 Å². The van der Waals surface area contributed by atoms with Gasteiger partial charge in [0.05, 0.1) is 0 Å². The van der Waals surface area contributed by atoms with Crippen LogP contribution in [0.3, 0.4) is 0 Å². The van der Waals surface area contributed by atoms with E-state index < -0.39 is 0 Å². The number of nitrogens with two attached hydrogens (primary N) is 1. The van der Waals surface area contributed by atoms with Gasteiger partial charge < -0.3 is 11.1 Å². The van der Waals surface area contributed by atoms with Crippen LogP contribution in [0.4, 0.5) is 0 Å². The van der Waals surface area contributed by atoms with Crippen molar-refractivity contribution >= 4 is 0 Å². The maximum atomic E-state index is 6.08. The van der Waals surface area contributed by atoms with Crippen molar-refractivity contribution in [3.63, 3.8) is 0 Å². The first kappa shape index (κ1) is 8.01. The molecule has 1 heterocycles. The molecule has 2 fully saturated rings. The van der Waals surface area contributed by atoms with E-state index in [9.17, 15) is 0 Å². The molecule has 13 heavy (non-hydrogen) atoms. The molecule has 0 aromatic heterocycles. The molecular weight excluding hydrogens is 160 g/mol. The molecule has 0 amide bonds. The highest BCUT2D eigenvalue weighted by atomic mass is 14.9. The smallest absolute Gasteiger partial charge is 0.0268 e. The number of hydrogen-bond acceptors (Lipinski definition) is 2. The molecule has 2 heteroatoms. The van der Waals surface area contributed by atoms with Crippen molar-refractivity contribution in [2.45, 2.75) is 18.9 Å². The van der Waals surface area contributed by atoms with Crippen molar-refractivity contribution in [3.8, 4) is 0 Å². The van der Waals surface area contributed by atoms with E-state index >= 15 is 0 Å². The van der Waals surface area contributed by atoms with Crippen LogP contribution in [0.1, 0.15) is 12.8 Å². The zero-order chi connectivity index (χ0) is 8.84. The summed E-state index contributed by atoms with van der Waals surface area (Å²) >= 11 is 0. The van der Waals surface area contributed by atoms with E-state index in [2.05, 4.69) is 17.5 Å². The molecule has 3 rings (SSSR count). The van der Waals surface area contributed by atoms with Gasteiger partial charge in [-0.05, 0) is 43.1 Å². The Hall–Kier alpha value is -0.340. The lowest BCUT2D eigenvalue weighted by Crippen LogP contribution is -2.39. The fourth-order valence-electron chi connectivity index (χ4n) is 3.09. The fraction of sp³-hybridized carbons (Fsp3) is 0.818. The molecule has 1 saturated carbocycles. The van der Waals surface area contributed by atoms with Crippen molar-refractivity contribution in [1.82, 2.24) is 5.32 Å². The van der Waals surface area contributed by atoms with Crippen LogP contribution in [0.25, 0.3) is 0 Å². The van der Waals surface area contributed by atoms with Gasteiger partial charge in [0.2, 0.25) is 0 Å². The summed E-state index contributed by atoms with van der Waals surface area (Å²) in [7, 11) is 0. The predicted molar refractivity (Wildman–Crippen MR) is 53.2 cm³/mol. The van der Waals surface area contributed by atoms with Crippen molar-refractivity contribution in [1.29, 1.82) is 0 Å². The lowest BCUT2D eigenvalue weighted by molar-refractivity contribution is 0.266. The molecule has 0 aromatic rings. The summed E-state index contributed by atoms with van der Waals surface area (Å²) in [6.07, 6.45) is 7.55. The van der Waals surface area contributed by atoms with Gasteiger partial charge in [-0.3, -0.25) is 0 Å². The molecule has 2 aliphatic carbocycles. The van der Waals surface area contributed by atoms with Crippen LogP contribution in [-0.4, -0.2) is 19.1 Å². The summed E-state index contributed by atoms with van der Waals surface area (Å²) in [5.41, 5.74) is 6.08. The second kappa shape index (κ2) is 2.82. The van der Waals surface area contributed by atoms with Crippen LogP contribution in [0.15, 0.2) is 12.2 Å². The predicted octanol–water partition coefficient (Wildman–Crippen LogP) is 0.745. The molecule has 0 aromatic carbocycles. The van der Waals surface area contributed by atoms with Crippen molar-refractivity contribution in [2.75, 3.05) is 13.1 Å². The summed E-state index contributed by atoms with van der Waals surface area (Å²) in [5.74, 6) is 3.40. The summed E-state index contributed by atoms with van der Waals surface area (Å²) in [6.45, 7) is 2.34. The molecule has 1 aliphatic heterocycles. The maximum absolute atomic E-state index is 6.08. The number of hydrogen-bond donors (Lipinski definition) is 2. The van der Waals surface area contributed by atoms with Gasteiger partial charge in [0.25, 0.3) is 0 Å². The molecule has 72 valence electrons. The minimum Gasteiger partial charge on any atom is -0.324 e. The average molecular weight is 178 g/mol. The summed E-state index contributed by atoms with van der Waals surface area (Å²) in [5, 5.41) is 3.49. The molecule has 0 spiro atoms. The molecule has 0 radical (unpaired) electrons. The van der Waals surface area contributed by atoms with Crippen molar-refractivity contribution < 1.29 is 0 Å². The minimum atomic E-state index is 0.315. The van der Waals surface area contributed by atoms with Gasteiger partial charge in [-0.2, -0.15) is 0 Å². The standard InChI is InChI=1S/C11H18N2/c12-11-4-3-8(7-1-2-7)9-5-13-6-10(9)11/h3-4,7-11,13H,1-2,5-6,12H2. The zero-order valence-corrected chi connectivity index (χ0v) is 7.95. The highest BCUT2D eigenvalue weighted by Gasteiger charge is 2.43. The Bertz CT molecular complexity index is 232. The third kappa shape index (κ3) is 1.24. The molecule has 1 saturated heterocycles. The largest absolute Gasteiger partial charge is 0.324 e. The van der Waals surface area contributed by atoms with Crippen LogP contribution < -0.4 is 11.1 Å². The number of fused-ring (bicyclic) bond motifs is 1. The molecule has 4 atom stereocenters. The molecule has 4 unspecified atom stereocenters.